The van der Waals surface area contributed by atoms with Crippen LogP contribution in [0.2, 0.25) is 0 Å². The zero-order valence-corrected chi connectivity index (χ0v) is 15.2. The first kappa shape index (κ1) is 18.5. The van der Waals surface area contributed by atoms with Gasteiger partial charge < -0.3 is 26.8 Å². The Balaban J connectivity index is 0.00000361. The van der Waals surface area contributed by atoms with E-state index in [2.05, 4.69) is 0 Å². The van der Waals surface area contributed by atoms with E-state index in [1.54, 1.807) is 0 Å². The molecule has 0 saturated heterocycles. The van der Waals surface area contributed by atoms with Crippen molar-refractivity contribution in [2.75, 3.05) is 26.4 Å². The molecule has 4 nitrogen and oxygen atoms in total. The molecule has 1 fully saturated rings. The van der Waals surface area contributed by atoms with E-state index in [1.165, 1.54) is 0 Å². The topological polar surface area (TPSA) is 80.9 Å². The van der Waals surface area contributed by atoms with Crippen LogP contribution in [0.1, 0.15) is 27.5 Å². The Kier molecular flexibility index (Phi) is 10.8. The van der Waals surface area contributed by atoms with Crippen molar-refractivity contribution in [3.05, 3.63) is 6.42 Å². The smallest absolute Gasteiger partial charge is 0.396 e. The number of aliphatic hydroxyl groups is 4. The van der Waals surface area contributed by atoms with Gasteiger partial charge in [0, 0.05) is 38.3 Å². The zero-order chi connectivity index (χ0) is 14.4. The fourth-order valence-corrected chi connectivity index (χ4v) is 2.82. The molecule has 1 aliphatic carbocycles. The van der Waals surface area contributed by atoms with E-state index in [0.29, 0.717) is 12.8 Å². The third-order valence-electron chi connectivity index (χ3n) is 4.13. The summed E-state index contributed by atoms with van der Waals surface area (Å²) in [7, 11) is 0. The van der Waals surface area contributed by atoms with Crippen LogP contribution in [0.4, 0.5) is 0 Å². The average molecular weight is 299 g/mol. The van der Waals surface area contributed by atoms with Gasteiger partial charge in [-0.25, -0.2) is 0 Å². The van der Waals surface area contributed by atoms with E-state index in [9.17, 15) is 20.4 Å². The van der Waals surface area contributed by atoms with Gasteiger partial charge in [-0.1, -0.05) is 25.2 Å². The Morgan fingerprint density at radius 3 is 2.00 bits per heavy atom. The van der Waals surface area contributed by atoms with Crippen LogP contribution >= 0.6 is 0 Å². The fourth-order valence-electron chi connectivity index (χ4n) is 2.82. The van der Waals surface area contributed by atoms with Gasteiger partial charge in [-0.3, -0.25) is 0 Å². The fraction of sp³-hybridized carbons (Fsp3) is 0.929. The van der Waals surface area contributed by atoms with Crippen LogP contribution in [0, 0.1) is 36.0 Å². The minimum Gasteiger partial charge on any atom is -0.396 e. The third kappa shape index (κ3) is 6.40. The summed E-state index contributed by atoms with van der Waals surface area (Å²) in [6.07, 6.45) is 3.10. The van der Waals surface area contributed by atoms with Gasteiger partial charge in [0.15, 0.2) is 0 Å². The first-order chi connectivity index (χ1) is 9.07. The Labute approximate surface area is 160 Å². The molecule has 0 aromatic carbocycles. The van der Waals surface area contributed by atoms with Gasteiger partial charge in [-0.2, -0.15) is 12.3 Å². The summed E-state index contributed by atoms with van der Waals surface area (Å²) in [5.74, 6) is 0.289. The van der Waals surface area contributed by atoms with Gasteiger partial charge in [0.2, 0.25) is 0 Å². The quantitative estimate of drug-likeness (QED) is 0.294. The van der Waals surface area contributed by atoms with E-state index in [4.69, 9.17) is 1.37 Å². The van der Waals surface area contributed by atoms with E-state index >= 15 is 0 Å². The van der Waals surface area contributed by atoms with E-state index < -0.39 is 0 Å². The summed E-state index contributed by atoms with van der Waals surface area (Å²) < 4.78 is 8.01. The Bertz CT molecular complexity index is 249. The normalized spacial score (nSPS) is 31.6. The second-order valence-corrected chi connectivity index (χ2v) is 5.51. The second-order valence-electron chi connectivity index (χ2n) is 5.51. The molecule has 0 heterocycles. The number of hydrogen-bond acceptors (Lipinski definition) is 4. The number of hydrogen-bond donors (Lipinski definition) is 4. The summed E-state index contributed by atoms with van der Waals surface area (Å²) >= 11 is 0. The largest absolute Gasteiger partial charge is 1.00 e. The van der Waals surface area contributed by atoms with Crippen molar-refractivity contribution in [3.8, 4) is 0 Å². The van der Waals surface area contributed by atoms with Crippen LogP contribution in [0.5, 0.6) is 0 Å². The summed E-state index contributed by atoms with van der Waals surface area (Å²) in [4.78, 5) is 0. The van der Waals surface area contributed by atoms with Gasteiger partial charge >= 0.3 is 51.4 Å². The van der Waals surface area contributed by atoms with Crippen molar-refractivity contribution in [1.82, 2.24) is 0 Å². The SMILES string of the molecule is [2H]C1[CH-]C(CC(CO)CO)C(CC(CO)CO)C1C.[K+]. The molecule has 1 rings (SSSR count). The second kappa shape index (κ2) is 11.1. The van der Waals surface area contributed by atoms with Gasteiger partial charge in [-0.05, 0) is 7.79 Å². The molecule has 4 unspecified atom stereocenters. The Morgan fingerprint density at radius 1 is 1.05 bits per heavy atom. The van der Waals surface area contributed by atoms with Gasteiger partial charge in [0.25, 0.3) is 0 Å². The molecule has 1 saturated carbocycles. The van der Waals surface area contributed by atoms with Crippen molar-refractivity contribution < 1.29 is 73.2 Å². The van der Waals surface area contributed by atoms with Crippen LogP contribution in [0.25, 0.3) is 0 Å². The van der Waals surface area contributed by atoms with Crippen molar-refractivity contribution in [1.29, 1.82) is 0 Å². The Morgan fingerprint density at radius 2 is 1.53 bits per heavy atom. The van der Waals surface area contributed by atoms with E-state index in [-0.39, 0.29) is 114 Å². The molecule has 0 aromatic heterocycles. The first-order valence-corrected chi connectivity index (χ1v) is 6.77. The van der Waals surface area contributed by atoms with Crippen LogP contribution in [0.15, 0.2) is 0 Å². The van der Waals surface area contributed by atoms with Crippen LogP contribution < -0.4 is 51.4 Å². The standard InChI is InChI=1S/C14H27O4.K/c1-10-2-3-13(4-11(6-15)7-16)14(10)5-12(8-17)9-18;/h3,10-18H,2,4-9H2,1H3;/q-1;+1/i2D;. The van der Waals surface area contributed by atoms with E-state index in [1.807, 2.05) is 13.3 Å². The Hall–Kier alpha value is 1.48. The van der Waals surface area contributed by atoms with Gasteiger partial charge in [0.1, 0.15) is 0 Å². The predicted octanol–water partition coefficient (Wildman–Crippen LogP) is -2.55. The predicted molar refractivity (Wildman–Crippen MR) is 69.6 cm³/mol. The van der Waals surface area contributed by atoms with Crippen LogP contribution in [0.3, 0.4) is 0 Å². The van der Waals surface area contributed by atoms with E-state index in [0.717, 1.165) is 0 Å². The van der Waals surface area contributed by atoms with Gasteiger partial charge in [0.05, 0.1) is 0 Å². The van der Waals surface area contributed by atoms with Crippen molar-refractivity contribution in [2.24, 2.45) is 29.6 Å². The number of rotatable bonds is 8. The molecule has 1 aliphatic rings. The maximum atomic E-state index is 9.20. The molecule has 4 N–H and O–H groups in total. The molecular weight excluding hydrogens is 271 g/mol. The minimum absolute atomic E-state index is 0. The summed E-state index contributed by atoms with van der Waals surface area (Å²) in [6, 6.07) is 0. The maximum Gasteiger partial charge on any atom is 1.00 e. The summed E-state index contributed by atoms with van der Waals surface area (Å²) in [5, 5.41) is 36.8. The molecule has 19 heavy (non-hydrogen) atoms. The molecule has 108 valence electrons. The zero-order valence-electron chi connectivity index (χ0n) is 13.1. The molecular formula is C14H27KO4. The molecule has 4 atom stereocenters. The minimum atomic E-state index is -0.244. The van der Waals surface area contributed by atoms with Gasteiger partial charge in [-0.15, -0.1) is 0 Å². The first-order valence-electron chi connectivity index (χ1n) is 7.35. The summed E-state index contributed by atoms with van der Waals surface area (Å²) in [5.41, 5.74) is 0. The molecule has 5 heteroatoms. The third-order valence-corrected chi connectivity index (χ3v) is 4.13. The monoisotopic (exact) mass is 299 g/mol. The maximum absolute atomic E-state index is 9.20. The molecule has 0 aliphatic heterocycles. The molecule has 0 aromatic rings. The van der Waals surface area contributed by atoms with Crippen LogP contribution in [-0.2, 0) is 0 Å². The molecule has 0 radical (unpaired) electrons. The van der Waals surface area contributed by atoms with Crippen molar-refractivity contribution in [3.63, 3.8) is 0 Å². The molecule has 0 bridgehead atoms. The summed E-state index contributed by atoms with van der Waals surface area (Å²) in [6.45, 7) is 1.84. The molecule has 0 spiro atoms. The number of aliphatic hydroxyl groups excluding tert-OH is 4. The average Bonchev–Trinajstić information content (AvgIpc) is 2.68. The van der Waals surface area contributed by atoms with Crippen molar-refractivity contribution >= 4 is 0 Å². The van der Waals surface area contributed by atoms with Crippen molar-refractivity contribution in [2.45, 2.75) is 26.2 Å². The molecule has 0 amide bonds. The van der Waals surface area contributed by atoms with Crippen LogP contribution in [-0.4, -0.2) is 46.9 Å².